The van der Waals surface area contributed by atoms with Crippen LogP contribution in [0.15, 0.2) is 71.1 Å². The summed E-state index contributed by atoms with van der Waals surface area (Å²) in [6, 6.07) is 16.3. The van der Waals surface area contributed by atoms with Crippen molar-refractivity contribution in [2.24, 2.45) is 0 Å². The standard InChI is InChI=1S/C22H16N2O6S2/c1-29-18-12-13(11-16-20(25)23-22(31)24-21(16)26)9-10-17(18)30-32(27,28)19-8-4-6-14-5-2-3-7-15(14)19/h2-12H,1H3,(H2,23,24,25,26,31). The molecule has 2 N–H and O–H groups in total. The number of carbonyl (C=O) groups is 2. The van der Waals surface area contributed by atoms with E-state index in [4.69, 9.17) is 21.1 Å². The topological polar surface area (TPSA) is 111 Å². The van der Waals surface area contributed by atoms with Gasteiger partial charge in [-0.3, -0.25) is 20.2 Å². The fraction of sp³-hybridized carbons (Fsp3) is 0.0455. The summed E-state index contributed by atoms with van der Waals surface area (Å²) in [5, 5.41) is 5.90. The molecule has 32 heavy (non-hydrogen) atoms. The van der Waals surface area contributed by atoms with Gasteiger partial charge in [0.1, 0.15) is 10.5 Å². The van der Waals surface area contributed by atoms with E-state index in [2.05, 4.69) is 10.6 Å². The van der Waals surface area contributed by atoms with Crippen LogP contribution in [0.2, 0.25) is 0 Å². The number of thiocarbonyl (C=S) groups is 1. The van der Waals surface area contributed by atoms with Crippen molar-refractivity contribution in [3.05, 3.63) is 71.8 Å². The molecule has 8 nitrogen and oxygen atoms in total. The largest absolute Gasteiger partial charge is 0.493 e. The highest BCUT2D eigenvalue weighted by atomic mass is 32.2. The Labute approximate surface area is 189 Å². The molecule has 1 fully saturated rings. The number of nitrogens with one attached hydrogen (secondary N) is 2. The van der Waals surface area contributed by atoms with Gasteiger partial charge < -0.3 is 8.92 Å². The van der Waals surface area contributed by atoms with E-state index in [9.17, 15) is 18.0 Å². The van der Waals surface area contributed by atoms with Gasteiger partial charge >= 0.3 is 10.1 Å². The molecule has 10 heteroatoms. The second kappa shape index (κ2) is 8.40. The molecular weight excluding hydrogens is 452 g/mol. The van der Waals surface area contributed by atoms with Gasteiger partial charge in [0.25, 0.3) is 11.8 Å². The number of benzene rings is 3. The average molecular weight is 469 g/mol. The van der Waals surface area contributed by atoms with E-state index in [1.807, 2.05) is 18.2 Å². The van der Waals surface area contributed by atoms with Crippen molar-refractivity contribution in [2.45, 2.75) is 4.90 Å². The predicted molar refractivity (Wildman–Crippen MR) is 122 cm³/mol. The number of methoxy groups -OCH3 is 1. The molecule has 3 aromatic rings. The normalized spacial score (nSPS) is 14.0. The van der Waals surface area contributed by atoms with Gasteiger partial charge in [-0.05, 0) is 47.4 Å². The van der Waals surface area contributed by atoms with E-state index in [1.165, 1.54) is 37.5 Å². The lowest BCUT2D eigenvalue weighted by Gasteiger charge is -2.16. The molecule has 0 atom stereocenters. The molecule has 4 rings (SSSR count). The number of fused-ring (bicyclic) bond motifs is 1. The number of hydrogen-bond acceptors (Lipinski definition) is 7. The molecule has 0 saturated carbocycles. The Hall–Kier alpha value is -3.76. The maximum atomic E-state index is 13.0. The zero-order valence-electron chi connectivity index (χ0n) is 16.6. The zero-order chi connectivity index (χ0) is 22.9. The second-order valence-corrected chi connectivity index (χ2v) is 8.64. The fourth-order valence-corrected chi connectivity index (χ4v) is 4.54. The minimum absolute atomic E-state index is 0.0235. The summed E-state index contributed by atoms with van der Waals surface area (Å²) in [6.07, 6.45) is 1.33. The SMILES string of the molecule is COc1cc(C=C2C(=O)NC(=S)NC2=O)ccc1OS(=O)(=O)c1cccc2ccccc12. The lowest BCUT2D eigenvalue weighted by atomic mass is 10.1. The lowest BCUT2D eigenvalue weighted by molar-refractivity contribution is -0.123. The van der Waals surface area contributed by atoms with Crippen LogP contribution < -0.4 is 19.6 Å². The molecule has 0 unspecified atom stereocenters. The minimum Gasteiger partial charge on any atom is -0.493 e. The molecule has 1 heterocycles. The first kappa shape index (κ1) is 21.5. The summed E-state index contributed by atoms with van der Waals surface area (Å²) in [7, 11) is -2.82. The Balaban J connectivity index is 1.68. The third-order valence-corrected chi connectivity index (χ3v) is 6.16. The molecule has 1 saturated heterocycles. The van der Waals surface area contributed by atoms with Crippen molar-refractivity contribution in [1.29, 1.82) is 0 Å². The Kier molecular flexibility index (Phi) is 5.64. The zero-order valence-corrected chi connectivity index (χ0v) is 18.2. The average Bonchev–Trinajstić information content (AvgIpc) is 2.76. The van der Waals surface area contributed by atoms with Crippen molar-refractivity contribution in [3.8, 4) is 11.5 Å². The highest BCUT2D eigenvalue weighted by Crippen LogP contribution is 2.33. The number of ether oxygens (including phenoxy) is 1. The molecule has 0 aliphatic carbocycles. The first-order valence-electron chi connectivity index (χ1n) is 9.27. The van der Waals surface area contributed by atoms with Crippen LogP contribution in [0.4, 0.5) is 0 Å². The van der Waals surface area contributed by atoms with Crippen LogP contribution in [0.25, 0.3) is 16.8 Å². The van der Waals surface area contributed by atoms with Crippen molar-refractivity contribution >= 4 is 56.1 Å². The second-order valence-electron chi connectivity index (χ2n) is 6.72. The van der Waals surface area contributed by atoms with Crippen LogP contribution in [-0.2, 0) is 19.7 Å². The summed E-state index contributed by atoms with van der Waals surface area (Å²) in [5.41, 5.74) is 0.266. The molecule has 2 amide bonds. The first-order valence-corrected chi connectivity index (χ1v) is 11.1. The summed E-state index contributed by atoms with van der Waals surface area (Å²) in [4.78, 5) is 24.1. The van der Waals surface area contributed by atoms with E-state index in [0.717, 1.165) is 5.39 Å². The van der Waals surface area contributed by atoms with Crippen LogP contribution in [-0.4, -0.2) is 32.5 Å². The van der Waals surface area contributed by atoms with E-state index < -0.39 is 21.9 Å². The van der Waals surface area contributed by atoms with E-state index >= 15 is 0 Å². The lowest BCUT2D eigenvalue weighted by Crippen LogP contribution is -2.51. The molecule has 1 aliphatic rings. The fourth-order valence-electron chi connectivity index (χ4n) is 3.19. The first-order chi connectivity index (χ1) is 15.3. The Morgan fingerprint density at radius 2 is 1.59 bits per heavy atom. The third-order valence-electron chi connectivity index (χ3n) is 4.66. The van der Waals surface area contributed by atoms with Crippen LogP contribution in [0.3, 0.4) is 0 Å². The van der Waals surface area contributed by atoms with Crippen molar-refractivity contribution < 1.29 is 26.9 Å². The van der Waals surface area contributed by atoms with Gasteiger partial charge in [0.15, 0.2) is 16.6 Å². The molecule has 3 aromatic carbocycles. The smallest absolute Gasteiger partial charge is 0.339 e. The Morgan fingerprint density at radius 3 is 2.31 bits per heavy atom. The molecule has 0 aromatic heterocycles. The number of amides is 2. The molecule has 1 aliphatic heterocycles. The molecule has 162 valence electrons. The van der Waals surface area contributed by atoms with E-state index in [0.29, 0.717) is 10.9 Å². The number of hydrogen-bond donors (Lipinski definition) is 2. The monoisotopic (exact) mass is 468 g/mol. The summed E-state index contributed by atoms with van der Waals surface area (Å²) >= 11 is 4.77. The van der Waals surface area contributed by atoms with Gasteiger partial charge in [-0.15, -0.1) is 0 Å². The van der Waals surface area contributed by atoms with Gasteiger partial charge in [-0.25, -0.2) is 0 Å². The van der Waals surface area contributed by atoms with Crippen molar-refractivity contribution in [1.82, 2.24) is 10.6 Å². The summed E-state index contributed by atoms with van der Waals surface area (Å²) in [5.74, 6) is -1.22. The molecule has 0 bridgehead atoms. The van der Waals surface area contributed by atoms with Gasteiger partial charge in [0.05, 0.1) is 7.11 Å². The van der Waals surface area contributed by atoms with Gasteiger partial charge in [-0.1, -0.05) is 42.5 Å². The van der Waals surface area contributed by atoms with Gasteiger partial charge in [0, 0.05) is 5.39 Å². The highest BCUT2D eigenvalue weighted by molar-refractivity contribution is 7.87. The predicted octanol–water partition coefficient (Wildman–Crippen LogP) is 2.53. The minimum atomic E-state index is -4.17. The van der Waals surface area contributed by atoms with Gasteiger partial charge in [-0.2, -0.15) is 8.42 Å². The van der Waals surface area contributed by atoms with Crippen molar-refractivity contribution in [2.75, 3.05) is 7.11 Å². The highest BCUT2D eigenvalue weighted by Gasteiger charge is 2.26. The van der Waals surface area contributed by atoms with E-state index in [-0.39, 0.29) is 27.1 Å². The maximum absolute atomic E-state index is 13.0. The number of rotatable bonds is 5. The summed E-state index contributed by atoms with van der Waals surface area (Å²) < 4.78 is 36.6. The molecular formula is C22H16N2O6S2. The summed E-state index contributed by atoms with van der Waals surface area (Å²) in [6.45, 7) is 0. The maximum Gasteiger partial charge on any atom is 0.339 e. The third kappa shape index (κ3) is 4.18. The molecule has 0 spiro atoms. The van der Waals surface area contributed by atoms with E-state index in [1.54, 1.807) is 18.2 Å². The van der Waals surface area contributed by atoms with Crippen LogP contribution in [0.5, 0.6) is 11.5 Å². The van der Waals surface area contributed by atoms with Crippen LogP contribution in [0, 0.1) is 0 Å². The van der Waals surface area contributed by atoms with Crippen LogP contribution >= 0.6 is 12.2 Å². The Morgan fingerprint density at radius 1 is 0.906 bits per heavy atom. The van der Waals surface area contributed by atoms with Crippen molar-refractivity contribution in [3.63, 3.8) is 0 Å². The quantitative estimate of drug-likeness (QED) is 0.256. The Bertz CT molecular complexity index is 1390. The number of carbonyl (C=O) groups excluding carboxylic acids is 2. The van der Waals surface area contributed by atoms with Gasteiger partial charge in [0.2, 0.25) is 0 Å². The molecule has 0 radical (unpaired) electrons. The van der Waals surface area contributed by atoms with Crippen LogP contribution in [0.1, 0.15) is 5.56 Å².